The van der Waals surface area contributed by atoms with Crippen molar-refractivity contribution in [2.24, 2.45) is 5.92 Å². The van der Waals surface area contributed by atoms with Crippen LogP contribution >= 0.6 is 12.4 Å². The lowest BCUT2D eigenvalue weighted by Crippen LogP contribution is -2.38. The molecule has 0 amide bonds. The molecule has 0 radical (unpaired) electrons. The third-order valence-corrected chi connectivity index (χ3v) is 4.82. The summed E-state index contributed by atoms with van der Waals surface area (Å²) in [6, 6.07) is 3.84. The lowest BCUT2D eigenvalue weighted by molar-refractivity contribution is 0.376. The summed E-state index contributed by atoms with van der Waals surface area (Å²) >= 11 is 0. The number of nitrogens with one attached hydrogen (secondary N) is 2. The van der Waals surface area contributed by atoms with Crippen molar-refractivity contribution < 1.29 is 12.8 Å². The zero-order chi connectivity index (χ0) is 13.9. The predicted octanol–water partition coefficient (Wildman–Crippen LogP) is 1.83. The molecule has 1 aromatic rings. The first-order valence-electron chi connectivity index (χ1n) is 6.45. The molecule has 1 saturated heterocycles. The van der Waals surface area contributed by atoms with Gasteiger partial charge in [-0.15, -0.1) is 12.4 Å². The van der Waals surface area contributed by atoms with Crippen LogP contribution in [0.5, 0.6) is 0 Å². The Morgan fingerprint density at radius 1 is 1.45 bits per heavy atom. The Morgan fingerprint density at radius 2 is 2.20 bits per heavy atom. The first-order valence-corrected chi connectivity index (χ1v) is 7.94. The van der Waals surface area contributed by atoms with Gasteiger partial charge in [-0.1, -0.05) is 0 Å². The minimum atomic E-state index is -3.54. The summed E-state index contributed by atoms with van der Waals surface area (Å²) < 4.78 is 39.9. The summed E-state index contributed by atoms with van der Waals surface area (Å²) in [5.74, 6) is -0.0690. The molecule has 1 aromatic carbocycles. The maximum Gasteiger partial charge on any atom is 0.240 e. The van der Waals surface area contributed by atoms with E-state index in [1.54, 1.807) is 6.92 Å². The average Bonchev–Trinajstić information content (AvgIpc) is 2.41. The highest BCUT2D eigenvalue weighted by molar-refractivity contribution is 7.89. The van der Waals surface area contributed by atoms with Gasteiger partial charge in [-0.05, 0) is 62.5 Å². The van der Waals surface area contributed by atoms with E-state index in [1.165, 1.54) is 18.2 Å². The van der Waals surface area contributed by atoms with Gasteiger partial charge in [0.2, 0.25) is 10.0 Å². The summed E-state index contributed by atoms with van der Waals surface area (Å²) in [6.45, 7) is 3.82. The number of benzene rings is 1. The van der Waals surface area contributed by atoms with Crippen LogP contribution in [0.4, 0.5) is 4.39 Å². The minimum absolute atomic E-state index is 0. The third-order valence-electron chi connectivity index (χ3n) is 3.40. The predicted molar refractivity (Wildman–Crippen MR) is 79.2 cm³/mol. The number of sulfonamides is 1. The fourth-order valence-electron chi connectivity index (χ4n) is 2.19. The minimum Gasteiger partial charge on any atom is -0.316 e. The van der Waals surface area contributed by atoms with Crippen molar-refractivity contribution in [1.29, 1.82) is 0 Å². The van der Waals surface area contributed by atoms with Crippen LogP contribution in [-0.4, -0.2) is 28.1 Å². The quantitative estimate of drug-likeness (QED) is 0.889. The Hall–Kier alpha value is -0.690. The van der Waals surface area contributed by atoms with Crippen LogP contribution in [-0.2, 0) is 10.0 Å². The van der Waals surface area contributed by atoms with E-state index in [-0.39, 0.29) is 17.3 Å². The molecule has 0 spiro atoms. The van der Waals surface area contributed by atoms with Crippen LogP contribution < -0.4 is 10.0 Å². The number of rotatable bonds is 4. The first-order chi connectivity index (χ1) is 8.99. The summed E-state index contributed by atoms with van der Waals surface area (Å²) in [4.78, 5) is 0.121. The molecule has 0 bridgehead atoms. The van der Waals surface area contributed by atoms with Crippen molar-refractivity contribution in [2.45, 2.75) is 24.7 Å². The molecular weight excluding hydrogens is 303 g/mol. The largest absolute Gasteiger partial charge is 0.316 e. The Morgan fingerprint density at radius 3 is 2.80 bits per heavy atom. The molecule has 7 heteroatoms. The molecule has 0 aromatic heterocycles. The highest BCUT2D eigenvalue weighted by Crippen LogP contribution is 2.15. The van der Waals surface area contributed by atoms with Gasteiger partial charge in [-0.2, -0.15) is 0 Å². The summed E-state index contributed by atoms with van der Waals surface area (Å²) in [7, 11) is -3.54. The van der Waals surface area contributed by atoms with Crippen LogP contribution in [0, 0.1) is 18.7 Å². The van der Waals surface area contributed by atoms with Gasteiger partial charge in [-0.3, -0.25) is 0 Å². The topological polar surface area (TPSA) is 58.2 Å². The molecule has 114 valence electrons. The number of hydrogen-bond acceptors (Lipinski definition) is 3. The van der Waals surface area contributed by atoms with E-state index in [0.29, 0.717) is 18.0 Å². The first kappa shape index (κ1) is 17.4. The van der Waals surface area contributed by atoms with Gasteiger partial charge < -0.3 is 5.32 Å². The van der Waals surface area contributed by atoms with Crippen LogP contribution in [0.2, 0.25) is 0 Å². The maximum atomic E-state index is 13.1. The second kappa shape index (κ2) is 7.36. The molecule has 1 fully saturated rings. The van der Waals surface area contributed by atoms with Gasteiger partial charge >= 0.3 is 0 Å². The Labute approximate surface area is 125 Å². The van der Waals surface area contributed by atoms with Crippen molar-refractivity contribution in [2.75, 3.05) is 19.6 Å². The lowest BCUT2D eigenvalue weighted by atomic mass is 10.0. The third kappa shape index (κ3) is 4.41. The molecule has 1 heterocycles. The highest BCUT2D eigenvalue weighted by atomic mass is 35.5. The zero-order valence-electron chi connectivity index (χ0n) is 11.4. The molecule has 1 unspecified atom stereocenters. The van der Waals surface area contributed by atoms with Crippen LogP contribution in [0.25, 0.3) is 0 Å². The Bertz CT molecular complexity index is 545. The van der Waals surface area contributed by atoms with Gasteiger partial charge in [0, 0.05) is 6.54 Å². The van der Waals surface area contributed by atoms with E-state index in [9.17, 15) is 12.8 Å². The fourth-order valence-corrected chi connectivity index (χ4v) is 3.39. The summed E-state index contributed by atoms with van der Waals surface area (Å²) in [5, 5.41) is 3.24. The summed E-state index contributed by atoms with van der Waals surface area (Å²) in [5.41, 5.74) is 0.335. The molecule has 2 N–H and O–H groups in total. The number of halogens is 2. The van der Waals surface area contributed by atoms with E-state index in [0.717, 1.165) is 25.9 Å². The molecule has 4 nitrogen and oxygen atoms in total. The normalized spacial score (nSPS) is 19.4. The Kier molecular flexibility index (Phi) is 6.39. The van der Waals surface area contributed by atoms with Crippen molar-refractivity contribution in [3.05, 3.63) is 29.6 Å². The van der Waals surface area contributed by atoms with Gasteiger partial charge in [0.05, 0.1) is 4.90 Å². The molecule has 2 rings (SSSR count). The number of hydrogen-bond donors (Lipinski definition) is 2. The molecule has 0 saturated carbocycles. The van der Waals surface area contributed by atoms with Crippen molar-refractivity contribution in [3.8, 4) is 0 Å². The maximum absolute atomic E-state index is 13.1. The van der Waals surface area contributed by atoms with Crippen molar-refractivity contribution in [1.82, 2.24) is 10.0 Å². The summed E-state index contributed by atoms with van der Waals surface area (Å²) in [6.07, 6.45) is 2.10. The van der Waals surface area contributed by atoms with Crippen LogP contribution in [0.1, 0.15) is 18.4 Å². The van der Waals surface area contributed by atoms with Crippen LogP contribution in [0.15, 0.2) is 23.1 Å². The van der Waals surface area contributed by atoms with E-state index in [1.807, 2.05) is 0 Å². The number of aryl methyl sites for hydroxylation is 1. The second-order valence-corrected chi connectivity index (χ2v) is 6.74. The standard InChI is InChI=1S/C13H19FN2O2S.ClH/c1-10-7-12(4-5-13(10)14)19(17,18)16-9-11-3-2-6-15-8-11;/h4-5,7,11,15-16H,2-3,6,8-9H2,1H3;1H. The zero-order valence-corrected chi connectivity index (χ0v) is 13.0. The lowest BCUT2D eigenvalue weighted by Gasteiger charge is -2.22. The molecule has 20 heavy (non-hydrogen) atoms. The molecule has 1 aliphatic heterocycles. The van der Waals surface area contributed by atoms with Gasteiger partial charge in [0.15, 0.2) is 0 Å². The van der Waals surface area contributed by atoms with Gasteiger partial charge in [0.25, 0.3) is 0 Å². The van der Waals surface area contributed by atoms with Crippen molar-refractivity contribution >= 4 is 22.4 Å². The van der Waals surface area contributed by atoms with E-state index in [4.69, 9.17) is 0 Å². The monoisotopic (exact) mass is 322 g/mol. The SMILES string of the molecule is Cc1cc(S(=O)(=O)NCC2CCCNC2)ccc1F.Cl. The van der Waals surface area contributed by atoms with E-state index >= 15 is 0 Å². The number of piperidine rings is 1. The van der Waals surface area contributed by atoms with E-state index < -0.39 is 15.8 Å². The molecule has 0 aliphatic carbocycles. The van der Waals surface area contributed by atoms with E-state index in [2.05, 4.69) is 10.0 Å². The second-order valence-electron chi connectivity index (χ2n) is 4.98. The van der Waals surface area contributed by atoms with Gasteiger partial charge in [0.1, 0.15) is 5.82 Å². The van der Waals surface area contributed by atoms with Crippen LogP contribution in [0.3, 0.4) is 0 Å². The fraction of sp³-hybridized carbons (Fsp3) is 0.538. The smallest absolute Gasteiger partial charge is 0.240 e. The molecular formula is C13H20ClFN2O2S. The van der Waals surface area contributed by atoms with Gasteiger partial charge in [-0.25, -0.2) is 17.5 Å². The molecule has 1 aliphatic rings. The highest BCUT2D eigenvalue weighted by Gasteiger charge is 2.19. The average molecular weight is 323 g/mol. The van der Waals surface area contributed by atoms with Crippen molar-refractivity contribution in [3.63, 3.8) is 0 Å². The Balaban J connectivity index is 0.00000200. The molecule has 1 atom stereocenters.